The summed E-state index contributed by atoms with van der Waals surface area (Å²) in [4.78, 5) is 23.9. The molecule has 10 heteroatoms. The second kappa shape index (κ2) is 11.4. The first kappa shape index (κ1) is 25.8. The van der Waals surface area contributed by atoms with Crippen molar-refractivity contribution in [1.82, 2.24) is 5.32 Å². The van der Waals surface area contributed by atoms with E-state index in [2.05, 4.69) is 5.32 Å². The monoisotopic (exact) mass is 466 g/mol. The quantitative estimate of drug-likeness (QED) is 0.199. The number of hydrogen-bond donors (Lipinski definition) is 1. The van der Waals surface area contributed by atoms with Crippen LogP contribution in [0.1, 0.15) is 58.9 Å². The molecule has 0 spiro atoms. The van der Waals surface area contributed by atoms with Crippen molar-refractivity contribution < 1.29 is 28.1 Å². The number of ether oxygens (including phenoxy) is 1. The number of benzene rings is 1. The van der Waals surface area contributed by atoms with Crippen molar-refractivity contribution in [2.24, 2.45) is 0 Å². The molecule has 0 saturated heterocycles. The van der Waals surface area contributed by atoms with Crippen molar-refractivity contribution in [3.05, 3.63) is 62.2 Å². The van der Waals surface area contributed by atoms with Crippen molar-refractivity contribution in [3.8, 4) is 0 Å². The Balaban J connectivity index is 2.77. The van der Waals surface area contributed by atoms with E-state index in [1.807, 2.05) is 13.8 Å². The van der Waals surface area contributed by atoms with E-state index in [0.717, 1.165) is 0 Å². The zero-order chi connectivity index (χ0) is 23.9. The number of dihydropyridines is 1. The fourth-order valence-corrected chi connectivity index (χ4v) is 5.83. The molecule has 0 bridgehead atoms. The molecule has 0 aromatic heterocycles. The molecule has 0 fully saturated rings. The van der Waals surface area contributed by atoms with Crippen LogP contribution in [0.15, 0.2) is 46.5 Å². The Labute approximate surface area is 188 Å². The van der Waals surface area contributed by atoms with Crippen LogP contribution in [-0.4, -0.2) is 30.7 Å². The lowest BCUT2D eigenvalue weighted by Gasteiger charge is -2.34. The average molecular weight is 466 g/mol. The minimum atomic E-state index is -3.86. The topological polar surface area (TPSA) is 117 Å². The predicted octanol–water partition coefficient (Wildman–Crippen LogP) is 5.40. The molecular formula is C22H31N2O7P. The van der Waals surface area contributed by atoms with Crippen LogP contribution in [0.25, 0.3) is 0 Å². The zero-order valence-electron chi connectivity index (χ0n) is 19.2. The molecule has 0 amide bonds. The SMILES string of the molecule is CCCOP(=O)(OCCC)C1=C(C)NC(C)=C(C(=O)OCC)C1c1cccc([N+](=O)[O-])c1. The maximum atomic E-state index is 14.1. The molecule has 0 saturated carbocycles. The minimum Gasteiger partial charge on any atom is -0.463 e. The van der Waals surface area contributed by atoms with Gasteiger partial charge < -0.3 is 19.1 Å². The fourth-order valence-electron chi connectivity index (χ4n) is 3.57. The van der Waals surface area contributed by atoms with Crippen LogP contribution in [0.4, 0.5) is 5.69 Å². The van der Waals surface area contributed by atoms with E-state index in [-0.39, 0.29) is 36.4 Å². The van der Waals surface area contributed by atoms with Gasteiger partial charge in [0, 0.05) is 23.5 Å². The summed E-state index contributed by atoms with van der Waals surface area (Å²) in [5.41, 5.74) is 1.53. The molecule has 176 valence electrons. The minimum absolute atomic E-state index is 0.141. The van der Waals surface area contributed by atoms with Gasteiger partial charge in [0.15, 0.2) is 0 Å². The molecule has 1 heterocycles. The number of carbonyl (C=O) groups excluding carboxylic acids is 1. The Morgan fingerprint density at radius 2 is 1.75 bits per heavy atom. The zero-order valence-corrected chi connectivity index (χ0v) is 20.1. The lowest BCUT2D eigenvalue weighted by molar-refractivity contribution is -0.384. The summed E-state index contributed by atoms with van der Waals surface area (Å²) in [6.07, 6.45) is 1.22. The van der Waals surface area contributed by atoms with E-state index >= 15 is 0 Å². The Hall–Kier alpha value is -2.48. The van der Waals surface area contributed by atoms with Crippen LogP contribution in [-0.2, 0) is 23.1 Å². The van der Waals surface area contributed by atoms with Gasteiger partial charge in [-0.05, 0) is 39.2 Å². The van der Waals surface area contributed by atoms with Crippen LogP contribution in [0.2, 0.25) is 0 Å². The predicted molar refractivity (Wildman–Crippen MR) is 121 cm³/mol. The number of nitro benzene ring substituents is 1. The standard InChI is InChI=1S/C22H31N2O7P/c1-6-12-30-32(28,31-13-7-2)21-16(5)23-15(4)19(22(25)29-8-3)20(21)17-10-9-11-18(14-17)24(26)27/h9-11,14,20,23H,6-8,12-13H2,1-5H3. The molecule has 1 N–H and O–H groups in total. The average Bonchev–Trinajstić information content (AvgIpc) is 2.75. The van der Waals surface area contributed by atoms with Crippen LogP contribution in [0.3, 0.4) is 0 Å². The van der Waals surface area contributed by atoms with Gasteiger partial charge >= 0.3 is 13.6 Å². The Morgan fingerprint density at radius 3 is 2.28 bits per heavy atom. The number of carbonyl (C=O) groups is 1. The molecule has 2 rings (SSSR count). The number of rotatable bonds is 11. The maximum absolute atomic E-state index is 14.1. The maximum Gasteiger partial charge on any atom is 0.360 e. The molecule has 0 aliphatic carbocycles. The number of non-ortho nitro benzene ring substituents is 1. The van der Waals surface area contributed by atoms with Gasteiger partial charge in [-0.25, -0.2) is 4.79 Å². The number of nitrogens with one attached hydrogen (secondary N) is 1. The van der Waals surface area contributed by atoms with Gasteiger partial charge in [-0.1, -0.05) is 26.0 Å². The number of hydrogen-bond acceptors (Lipinski definition) is 8. The summed E-state index contributed by atoms with van der Waals surface area (Å²) >= 11 is 0. The summed E-state index contributed by atoms with van der Waals surface area (Å²) in [5, 5.41) is 14.8. The normalized spacial score (nSPS) is 16.7. The number of nitro groups is 1. The van der Waals surface area contributed by atoms with Crippen LogP contribution >= 0.6 is 7.60 Å². The molecule has 1 aliphatic rings. The smallest absolute Gasteiger partial charge is 0.360 e. The summed E-state index contributed by atoms with van der Waals surface area (Å²) < 4.78 is 30.9. The first-order valence-electron chi connectivity index (χ1n) is 10.7. The second-order valence-electron chi connectivity index (χ2n) is 7.34. The third-order valence-corrected chi connectivity index (χ3v) is 7.09. The van der Waals surface area contributed by atoms with E-state index in [1.165, 1.54) is 18.2 Å². The number of esters is 1. The molecule has 0 radical (unpaired) electrons. The van der Waals surface area contributed by atoms with Crippen molar-refractivity contribution in [2.75, 3.05) is 19.8 Å². The van der Waals surface area contributed by atoms with Crippen LogP contribution in [0.5, 0.6) is 0 Å². The van der Waals surface area contributed by atoms with E-state index in [0.29, 0.717) is 29.8 Å². The third kappa shape index (κ3) is 5.65. The molecule has 1 aliphatic heterocycles. The Bertz CT molecular complexity index is 959. The fraction of sp³-hybridized carbons (Fsp3) is 0.500. The van der Waals surface area contributed by atoms with E-state index < -0.39 is 24.4 Å². The van der Waals surface area contributed by atoms with Crippen molar-refractivity contribution in [1.29, 1.82) is 0 Å². The van der Waals surface area contributed by atoms with Gasteiger partial charge in [-0.3, -0.25) is 14.7 Å². The highest BCUT2D eigenvalue weighted by atomic mass is 31.2. The van der Waals surface area contributed by atoms with E-state index in [9.17, 15) is 19.5 Å². The van der Waals surface area contributed by atoms with E-state index in [4.69, 9.17) is 13.8 Å². The molecular weight excluding hydrogens is 435 g/mol. The first-order valence-corrected chi connectivity index (χ1v) is 12.2. The highest BCUT2D eigenvalue weighted by molar-refractivity contribution is 7.58. The number of allylic oxidation sites excluding steroid dienone is 3. The van der Waals surface area contributed by atoms with Gasteiger partial charge in [0.05, 0.1) is 41.5 Å². The highest BCUT2D eigenvalue weighted by Gasteiger charge is 2.45. The van der Waals surface area contributed by atoms with Gasteiger partial charge in [-0.2, -0.15) is 0 Å². The summed E-state index contributed by atoms with van der Waals surface area (Å²) in [6, 6.07) is 5.93. The molecule has 1 atom stereocenters. The highest BCUT2D eigenvalue weighted by Crippen LogP contribution is 2.64. The van der Waals surface area contributed by atoms with Crippen LogP contribution in [0, 0.1) is 10.1 Å². The Morgan fingerprint density at radius 1 is 1.12 bits per heavy atom. The summed E-state index contributed by atoms with van der Waals surface area (Å²) in [5.74, 6) is -1.49. The third-order valence-electron chi connectivity index (χ3n) is 4.86. The van der Waals surface area contributed by atoms with Crippen molar-refractivity contribution >= 4 is 19.3 Å². The lowest BCUT2D eigenvalue weighted by atomic mass is 9.86. The van der Waals surface area contributed by atoms with Gasteiger partial charge in [0.25, 0.3) is 5.69 Å². The van der Waals surface area contributed by atoms with Crippen molar-refractivity contribution in [2.45, 2.75) is 53.4 Å². The lowest BCUT2D eigenvalue weighted by Crippen LogP contribution is -2.30. The largest absolute Gasteiger partial charge is 0.463 e. The van der Waals surface area contributed by atoms with E-state index in [1.54, 1.807) is 26.8 Å². The molecule has 1 aromatic carbocycles. The molecule has 9 nitrogen and oxygen atoms in total. The first-order chi connectivity index (χ1) is 15.2. The molecule has 1 aromatic rings. The second-order valence-corrected chi connectivity index (χ2v) is 9.34. The van der Waals surface area contributed by atoms with Gasteiger partial charge in [-0.15, -0.1) is 0 Å². The molecule has 1 unspecified atom stereocenters. The Kier molecular flexibility index (Phi) is 9.19. The summed E-state index contributed by atoms with van der Waals surface area (Å²) in [6.45, 7) is 9.42. The van der Waals surface area contributed by atoms with Gasteiger partial charge in [0.2, 0.25) is 0 Å². The van der Waals surface area contributed by atoms with Crippen LogP contribution < -0.4 is 5.32 Å². The van der Waals surface area contributed by atoms with Crippen molar-refractivity contribution in [3.63, 3.8) is 0 Å². The number of nitrogens with zero attached hydrogens (tertiary/aromatic N) is 1. The summed E-state index contributed by atoms with van der Waals surface area (Å²) in [7, 11) is -3.86. The molecule has 32 heavy (non-hydrogen) atoms. The van der Waals surface area contributed by atoms with Gasteiger partial charge in [0.1, 0.15) is 0 Å².